The van der Waals surface area contributed by atoms with E-state index in [1.807, 2.05) is 12.1 Å². The molecule has 1 fully saturated rings. The fourth-order valence-electron chi connectivity index (χ4n) is 3.24. The second-order valence-corrected chi connectivity index (χ2v) is 6.15. The maximum Gasteiger partial charge on any atom is 0.154 e. The highest BCUT2D eigenvalue weighted by atomic mass is 32.2. The highest BCUT2D eigenvalue weighted by molar-refractivity contribution is 8.13. The maximum absolute atomic E-state index is 14.1. The number of amidine groups is 1. The second-order valence-electron chi connectivity index (χ2n) is 5.11. The predicted octanol–water partition coefficient (Wildman–Crippen LogP) is 3.27. The van der Waals surface area contributed by atoms with Crippen molar-refractivity contribution in [3.05, 3.63) is 35.6 Å². The van der Waals surface area contributed by atoms with Gasteiger partial charge < -0.3 is 5.73 Å². The summed E-state index contributed by atoms with van der Waals surface area (Å²) in [5.74, 6) is 1.23. The van der Waals surface area contributed by atoms with Crippen molar-refractivity contribution < 1.29 is 4.39 Å². The lowest BCUT2D eigenvalue weighted by atomic mass is 9.69. The van der Waals surface area contributed by atoms with Gasteiger partial charge in [0.1, 0.15) is 5.82 Å². The van der Waals surface area contributed by atoms with Crippen LogP contribution in [0.15, 0.2) is 29.3 Å². The molecule has 3 rings (SSSR count). The Kier molecular flexibility index (Phi) is 3.06. The van der Waals surface area contributed by atoms with Crippen LogP contribution in [0.25, 0.3) is 0 Å². The van der Waals surface area contributed by atoms with Crippen LogP contribution in [-0.4, -0.2) is 10.9 Å². The van der Waals surface area contributed by atoms with Crippen LogP contribution in [0.5, 0.6) is 0 Å². The summed E-state index contributed by atoms with van der Waals surface area (Å²) in [5.41, 5.74) is 6.24. The van der Waals surface area contributed by atoms with E-state index in [4.69, 9.17) is 5.73 Å². The molecule has 0 amide bonds. The molecule has 1 aromatic rings. The molecule has 1 heterocycles. The maximum atomic E-state index is 14.1. The Bertz CT molecular complexity index is 488. The van der Waals surface area contributed by atoms with Crippen molar-refractivity contribution in [2.45, 2.75) is 31.2 Å². The monoisotopic (exact) mass is 264 g/mol. The number of halogens is 1. The number of hydrogen-bond donors (Lipinski definition) is 1. The molecule has 1 unspecified atom stereocenters. The van der Waals surface area contributed by atoms with Crippen LogP contribution in [0, 0.1) is 11.7 Å². The Balaban J connectivity index is 2.13. The Hall–Kier alpha value is -1.03. The highest BCUT2D eigenvalue weighted by Gasteiger charge is 2.45. The lowest BCUT2D eigenvalue weighted by Crippen LogP contribution is -2.43. The van der Waals surface area contributed by atoms with E-state index in [1.54, 1.807) is 17.8 Å². The summed E-state index contributed by atoms with van der Waals surface area (Å²) in [5, 5.41) is 0.608. The van der Waals surface area contributed by atoms with E-state index in [1.165, 1.54) is 12.5 Å². The number of nitrogens with two attached hydrogens (primary N) is 1. The zero-order chi connectivity index (χ0) is 12.6. The molecule has 0 aromatic heterocycles. The molecule has 0 spiro atoms. The van der Waals surface area contributed by atoms with Gasteiger partial charge in [-0.05, 0) is 24.8 Å². The number of rotatable bonds is 1. The molecule has 1 saturated carbocycles. The van der Waals surface area contributed by atoms with Crippen LogP contribution in [0.4, 0.5) is 4.39 Å². The van der Waals surface area contributed by atoms with Crippen LogP contribution in [0.2, 0.25) is 0 Å². The van der Waals surface area contributed by atoms with Crippen molar-refractivity contribution in [1.82, 2.24) is 0 Å². The molecule has 1 aliphatic carbocycles. The van der Waals surface area contributed by atoms with Crippen LogP contribution in [0.1, 0.15) is 31.2 Å². The molecule has 1 aliphatic heterocycles. The average molecular weight is 264 g/mol. The Morgan fingerprint density at radius 3 is 3.00 bits per heavy atom. The minimum Gasteiger partial charge on any atom is -0.379 e. The summed E-state index contributed by atoms with van der Waals surface area (Å²) in [4.78, 5) is 4.68. The van der Waals surface area contributed by atoms with E-state index in [0.29, 0.717) is 11.1 Å². The first kappa shape index (κ1) is 12.0. The van der Waals surface area contributed by atoms with Crippen molar-refractivity contribution in [3.8, 4) is 0 Å². The van der Waals surface area contributed by atoms with Crippen molar-refractivity contribution in [3.63, 3.8) is 0 Å². The lowest BCUT2D eigenvalue weighted by molar-refractivity contribution is 0.206. The Morgan fingerprint density at radius 2 is 2.17 bits per heavy atom. The SMILES string of the molecule is NC1=N[C@@]2(c3ccccc3F)CCCCC2CS1. The molecule has 18 heavy (non-hydrogen) atoms. The normalized spacial score (nSPS) is 31.6. The average Bonchev–Trinajstić information content (AvgIpc) is 2.38. The molecule has 2 atom stereocenters. The molecule has 1 aromatic carbocycles. The quantitative estimate of drug-likeness (QED) is 0.845. The van der Waals surface area contributed by atoms with Gasteiger partial charge in [0, 0.05) is 11.3 Å². The van der Waals surface area contributed by atoms with Gasteiger partial charge in [0.2, 0.25) is 0 Å². The molecular weight excluding hydrogens is 247 g/mol. The number of aliphatic imine (C=N–C) groups is 1. The predicted molar refractivity (Wildman–Crippen MR) is 74.1 cm³/mol. The third-order valence-corrected chi connectivity index (χ3v) is 5.07. The molecule has 0 saturated heterocycles. The van der Waals surface area contributed by atoms with Gasteiger partial charge in [-0.3, -0.25) is 4.99 Å². The molecule has 2 N–H and O–H groups in total. The van der Waals surface area contributed by atoms with Crippen LogP contribution < -0.4 is 5.73 Å². The third-order valence-electron chi connectivity index (χ3n) is 4.12. The Morgan fingerprint density at radius 1 is 1.33 bits per heavy atom. The van der Waals surface area contributed by atoms with E-state index < -0.39 is 5.54 Å². The first-order chi connectivity index (χ1) is 8.72. The Labute approximate surface area is 111 Å². The molecule has 2 aliphatic rings. The van der Waals surface area contributed by atoms with Crippen molar-refractivity contribution >= 4 is 16.9 Å². The van der Waals surface area contributed by atoms with Gasteiger partial charge in [-0.15, -0.1) is 0 Å². The molecular formula is C14H17FN2S. The smallest absolute Gasteiger partial charge is 0.154 e. The van der Waals surface area contributed by atoms with Crippen LogP contribution in [-0.2, 0) is 5.54 Å². The van der Waals surface area contributed by atoms with Crippen LogP contribution >= 0.6 is 11.8 Å². The summed E-state index contributed by atoms with van der Waals surface area (Å²) in [6.07, 6.45) is 4.36. The first-order valence-corrected chi connectivity index (χ1v) is 7.44. The van der Waals surface area contributed by atoms with Gasteiger partial charge >= 0.3 is 0 Å². The second kappa shape index (κ2) is 4.57. The summed E-state index contributed by atoms with van der Waals surface area (Å²) >= 11 is 1.61. The minimum atomic E-state index is -0.404. The molecule has 2 nitrogen and oxygen atoms in total. The van der Waals surface area contributed by atoms with Crippen molar-refractivity contribution in [1.29, 1.82) is 0 Å². The molecule has 96 valence electrons. The van der Waals surface area contributed by atoms with Crippen LogP contribution in [0.3, 0.4) is 0 Å². The van der Waals surface area contributed by atoms with Gasteiger partial charge in [0.05, 0.1) is 5.54 Å². The van der Waals surface area contributed by atoms with E-state index in [2.05, 4.69) is 4.99 Å². The number of thioether (sulfide) groups is 1. The number of fused-ring (bicyclic) bond motifs is 1. The summed E-state index contributed by atoms with van der Waals surface area (Å²) < 4.78 is 14.1. The summed E-state index contributed by atoms with van der Waals surface area (Å²) in [6.45, 7) is 0. The minimum absolute atomic E-state index is 0.146. The van der Waals surface area contributed by atoms with Gasteiger partial charge in [0.25, 0.3) is 0 Å². The van der Waals surface area contributed by atoms with E-state index in [0.717, 1.165) is 30.6 Å². The number of hydrogen-bond acceptors (Lipinski definition) is 3. The lowest BCUT2D eigenvalue weighted by Gasteiger charge is -2.44. The van der Waals surface area contributed by atoms with Gasteiger partial charge in [-0.25, -0.2) is 4.39 Å². The fourth-order valence-corrected chi connectivity index (χ4v) is 4.28. The summed E-state index contributed by atoms with van der Waals surface area (Å²) in [7, 11) is 0. The van der Waals surface area contributed by atoms with E-state index in [-0.39, 0.29) is 5.82 Å². The van der Waals surface area contributed by atoms with Gasteiger partial charge in [-0.1, -0.05) is 42.8 Å². The first-order valence-electron chi connectivity index (χ1n) is 6.45. The zero-order valence-corrected chi connectivity index (χ0v) is 11.0. The van der Waals surface area contributed by atoms with Gasteiger partial charge in [0.15, 0.2) is 5.17 Å². The zero-order valence-electron chi connectivity index (χ0n) is 10.2. The van der Waals surface area contributed by atoms with Crippen molar-refractivity contribution in [2.24, 2.45) is 16.6 Å². The van der Waals surface area contributed by atoms with Gasteiger partial charge in [-0.2, -0.15) is 0 Å². The summed E-state index contributed by atoms with van der Waals surface area (Å²) in [6, 6.07) is 7.04. The molecule has 0 bridgehead atoms. The fraction of sp³-hybridized carbons (Fsp3) is 0.500. The largest absolute Gasteiger partial charge is 0.379 e. The van der Waals surface area contributed by atoms with E-state index in [9.17, 15) is 4.39 Å². The topological polar surface area (TPSA) is 38.4 Å². The number of nitrogens with zero attached hydrogens (tertiary/aromatic N) is 1. The van der Waals surface area contributed by atoms with Crippen molar-refractivity contribution in [2.75, 3.05) is 5.75 Å². The highest BCUT2D eigenvalue weighted by Crippen LogP contribution is 2.49. The molecule has 4 heteroatoms. The number of benzene rings is 1. The standard InChI is InChI=1S/C14H17FN2S/c15-12-7-2-1-6-11(12)14-8-4-3-5-10(14)9-18-13(16)17-14/h1-2,6-7,10H,3-5,8-9H2,(H2,16,17)/t10?,14-/m0/s1. The van der Waals surface area contributed by atoms with E-state index >= 15 is 0 Å². The molecule has 0 radical (unpaired) electrons. The third kappa shape index (κ3) is 1.83.